The van der Waals surface area contributed by atoms with Gasteiger partial charge in [0.2, 0.25) is 0 Å². The van der Waals surface area contributed by atoms with E-state index in [2.05, 4.69) is 9.97 Å². The van der Waals surface area contributed by atoms with E-state index in [1.807, 2.05) is 0 Å². The number of aromatic amines is 1. The number of imidazole rings is 1. The highest BCUT2D eigenvalue weighted by atomic mass is 16.6. The SMILES string of the molecule is CC(C)(C)OC(=O)N1CCc2[nH]cnc2[C@H]1C(=O)O. The monoisotopic (exact) mass is 267 g/mol. The Morgan fingerprint density at radius 2 is 2.21 bits per heavy atom. The maximum atomic E-state index is 12.1. The van der Waals surface area contributed by atoms with Crippen LogP contribution in [0, 0.1) is 0 Å². The summed E-state index contributed by atoms with van der Waals surface area (Å²) in [6.45, 7) is 5.51. The van der Waals surface area contributed by atoms with E-state index in [4.69, 9.17) is 4.74 Å². The van der Waals surface area contributed by atoms with Crippen molar-refractivity contribution in [1.29, 1.82) is 0 Å². The maximum absolute atomic E-state index is 12.1. The quantitative estimate of drug-likeness (QED) is 0.800. The number of carbonyl (C=O) groups is 2. The highest BCUT2D eigenvalue weighted by Crippen LogP contribution is 2.28. The lowest BCUT2D eigenvalue weighted by Crippen LogP contribution is -2.45. The Morgan fingerprint density at radius 1 is 1.53 bits per heavy atom. The van der Waals surface area contributed by atoms with Crippen LogP contribution in [0.2, 0.25) is 0 Å². The normalized spacial score (nSPS) is 18.9. The van der Waals surface area contributed by atoms with Crippen LogP contribution in [0.25, 0.3) is 0 Å². The number of hydrogen-bond donors (Lipinski definition) is 2. The fraction of sp³-hybridized carbons (Fsp3) is 0.583. The molecule has 1 aliphatic heterocycles. The summed E-state index contributed by atoms with van der Waals surface area (Å²) >= 11 is 0. The average molecular weight is 267 g/mol. The van der Waals surface area contributed by atoms with Gasteiger partial charge in [-0.15, -0.1) is 0 Å². The molecule has 0 fully saturated rings. The fourth-order valence-electron chi connectivity index (χ4n) is 2.04. The van der Waals surface area contributed by atoms with Crippen molar-refractivity contribution in [1.82, 2.24) is 14.9 Å². The van der Waals surface area contributed by atoms with Crippen LogP contribution in [-0.4, -0.2) is 44.2 Å². The summed E-state index contributed by atoms with van der Waals surface area (Å²) in [5.41, 5.74) is 0.475. The molecule has 2 heterocycles. The molecule has 0 saturated carbocycles. The molecule has 0 aliphatic carbocycles. The van der Waals surface area contributed by atoms with E-state index in [0.717, 1.165) is 5.69 Å². The number of carboxylic acids is 1. The number of carboxylic acid groups (broad SMARTS) is 1. The van der Waals surface area contributed by atoms with Crippen molar-refractivity contribution in [3.63, 3.8) is 0 Å². The summed E-state index contributed by atoms with van der Waals surface area (Å²) in [7, 11) is 0. The largest absolute Gasteiger partial charge is 0.479 e. The maximum Gasteiger partial charge on any atom is 0.411 e. The zero-order chi connectivity index (χ0) is 14.2. The molecule has 0 bridgehead atoms. The molecule has 1 aromatic heterocycles. The van der Waals surface area contributed by atoms with Crippen LogP contribution < -0.4 is 0 Å². The van der Waals surface area contributed by atoms with E-state index < -0.39 is 23.7 Å². The molecule has 1 aromatic rings. The number of aromatic nitrogens is 2. The van der Waals surface area contributed by atoms with E-state index in [9.17, 15) is 14.7 Å². The van der Waals surface area contributed by atoms with Crippen LogP contribution in [0.15, 0.2) is 6.33 Å². The minimum absolute atomic E-state index is 0.293. The van der Waals surface area contributed by atoms with Gasteiger partial charge >= 0.3 is 12.1 Å². The van der Waals surface area contributed by atoms with Crippen LogP contribution in [0.4, 0.5) is 4.79 Å². The number of carbonyl (C=O) groups excluding carboxylic acids is 1. The summed E-state index contributed by atoms with van der Waals surface area (Å²) in [6.07, 6.45) is 1.35. The standard InChI is InChI=1S/C12H17N3O4/c1-12(2,3)19-11(18)15-5-4-7-8(14-6-13-7)9(15)10(16)17/h6,9H,4-5H2,1-3H3,(H,13,14)(H,16,17)/t9-/m0/s1. The lowest BCUT2D eigenvalue weighted by atomic mass is 10.0. The minimum atomic E-state index is -1.11. The Morgan fingerprint density at radius 3 is 2.79 bits per heavy atom. The second kappa shape index (κ2) is 4.56. The molecule has 104 valence electrons. The summed E-state index contributed by atoms with van der Waals surface area (Å²) in [6, 6.07) is -1.09. The molecule has 1 amide bonds. The number of H-pyrrole nitrogens is 1. The smallest absolute Gasteiger partial charge is 0.411 e. The van der Waals surface area contributed by atoms with Gasteiger partial charge in [-0.25, -0.2) is 14.6 Å². The van der Waals surface area contributed by atoms with Crippen molar-refractivity contribution in [3.05, 3.63) is 17.7 Å². The molecule has 2 N–H and O–H groups in total. The van der Waals surface area contributed by atoms with Crippen molar-refractivity contribution >= 4 is 12.1 Å². The zero-order valence-electron chi connectivity index (χ0n) is 11.1. The molecule has 0 spiro atoms. The van der Waals surface area contributed by atoms with Gasteiger partial charge in [0, 0.05) is 18.7 Å². The number of ether oxygens (including phenoxy) is 1. The number of hydrogen-bond acceptors (Lipinski definition) is 4. The van der Waals surface area contributed by atoms with Crippen LogP contribution >= 0.6 is 0 Å². The molecule has 19 heavy (non-hydrogen) atoms. The van der Waals surface area contributed by atoms with Gasteiger partial charge in [-0.05, 0) is 20.8 Å². The van der Waals surface area contributed by atoms with Crippen molar-refractivity contribution < 1.29 is 19.4 Å². The summed E-state index contributed by atoms with van der Waals surface area (Å²) in [5, 5.41) is 9.32. The predicted octanol–water partition coefficient (Wildman–Crippen LogP) is 1.33. The van der Waals surface area contributed by atoms with E-state index in [-0.39, 0.29) is 0 Å². The number of rotatable bonds is 1. The molecule has 1 atom stereocenters. The molecule has 0 aromatic carbocycles. The topological polar surface area (TPSA) is 95.5 Å². The lowest BCUT2D eigenvalue weighted by Gasteiger charge is -2.33. The van der Waals surface area contributed by atoms with Crippen molar-refractivity contribution in [3.8, 4) is 0 Å². The second-order valence-electron chi connectivity index (χ2n) is 5.43. The molecular formula is C12H17N3O4. The number of amides is 1. The van der Waals surface area contributed by atoms with Gasteiger partial charge in [0.25, 0.3) is 0 Å². The first kappa shape index (κ1) is 13.4. The van der Waals surface area contributed by atoms with Crippen LogP contribution in [0.3, 0.4) is 0 Å². The van der Waals surface area contributed by atoms with Gasteiger partial charge in [0.15, 0.2) is 6.04 Å². The summed E-state index contributed by atoms with van der Waals surface area (Å²) < 4.78 is 5.23. The Bertz CT molecular complexity index is 503. The molecule has 1 aliphatic rings. The highest BCUT2D eigenvalue weighted by Gasteiger charge is 2.39. The van der Waals surface area contributed by atoms with Gasteiger partial charge in [-0.2, -0.15) is 0 Å². The molecular weight excluding hydrogens is 250 g/mol. The van der Waals surface area contributed by atoms with Gasteiger partial charge < -0.3 is 14.8 Å². The van der Waals surface area contributed by atoms with Crippen molar-refractivity contribution in [2.24, 2.45) is 0 Å². The summed E-state index contributed by atoms with van der Waals surface area (Å²) in [4.78, 5) is 31.6. The Balaban J connectivity index is 2.27. The Hall–Kier alpha value is -2.05. The van der Waals surface area contributed by atoms with E-state index in [1.165, 1.54) is 11.2 Å². The van der Waals surface area contributed by atoms with Crippen molar-refractivity contribution in [2.45, 2.75) is 38.8 Å². The molecule has 0 saturated heterocycles. The average Bonchev–Trinajstić information content (AvgIpc) is 2.72. The van der Waals surface area contributed by atoms with Crippen LogP contribution in [0.5, 0.6) is 0 Å². The van der Waals surface area contributed by atoms with E-state index in [1.54, 1.807) is 20.8 Å². The van der Waals surface area contributed by atoms with E-state index >= 15 is 0 Å². The molecule has 7 nitrogen and oxygen atoms in total. The minimum Gasteiger partial charge on any atom is -0.479 e. The fourth-order valence-corrected chi connectivity index (χ4v) is 2.04. The third-order valence-electron chi connectivity index (χ3n) is 2.79. The van der Waals surface area contributed by atoms with Gasteiger partial charge in [0.1, 0.15) is 5.60 Å². The molecule has 0 radical (unpaired) electrons. The number of nitrogens with zero attached hydrogens (tertiary/aromatic N) is 2. The third-order valence-corrected chi connectivity index (χ3v) is 2.79. The van der Waals surface area contributed by atoms with Gasteiger partial charge in [-0.3, -0.25) is 4.90 Å². The zero-order valence-corrected chi connectivity index (χ0v) is 11.1. The Kier molecular flexibility index (Phi) is 3.21. The first-order valence-corrected chi connectivity index (χ1v) is 6.04. The third kappa shape index (κ3) is 2.69. The molecule has 2 rings (SSSR count). The lowest BCUT2D eigenvalue weighted by molar-refractivity contribution is -0.144. The first-order chi connectivity index (χ1) is 8.79. The molecule has 7 heteroatoms. The van der Waals surface area contributed by atoms with Crippen LogP contribution in [-0.2, 0) is 16.0 Å². The molecule has 0 unspecified atom stereocenters. The van der Waals surface area contributed by atoms with Gasteiger partial charge in [0.05, 0.1) is 12.0 Å². The number of fused-ring (bicyclic) bond motifs is 1. The van der Waals surface area contributed by atoms with E-state index in [0.29, 0.717) is 18.7 Å². The Labute approximate surface area is 110 Å². The summed E-state index contributed by atoms with van der Waals surface area (Å²) in [5.74, 6) is -1.11. The highest BCUT2D eigenvalue weighted by molar-refractivity contribution is 5.82. The van der Waals surface area contributed by atoms with Crippen molar-refractivity contribution in [2.75, 3.05) is 6.54 Å². The number of aliphatic carboxylic acids is 1. The first-order valence-electron chi connectivity index (χ1n) is 6.04. The predicted molar refractivity (Wildman–Crippen MR) is 65.6 cm³/mol. The van der Waals surface area contributed by atoms with Crippen LogP contribution in [0.1, 0.15) is 38.2 Å². The number of nitrogens with one attached hydrogen (secondary N) is 1. The van der Waals surface area contributed by atoms with Gasteiger partial charge in [-0.1, -0.05) is 0 Å². The second-order valence-corrected chi connectivity index (χ2v) is 5.43.